The SMILES string of the molecule is CC1(C)O[C@@H]2[C@H](O1)[C@@H](COCc1ccccc1)O[C@H]2n1c(NCc2ccc(Cl)c(Cl)c2)nc2c(N)ncnc21. The number of halogens is 2. The first-order valence-electron chi connectivity index (χ1n) is 12.6. The van der Waals surface area contributed by atoms with Gasteiger partial charge in [-0.1, -0.05) is 59.6 Å². The minimum Gasteiger partial charge on any atom is -0.382 e. The fourth-order valence-corrected chi connectivity index (χ4v) is 5.31. The molecular weight excluding hydrogens is 543 g/mol. The summed E-state index contributed by atoms with van der Waals surface area (Å²) in [4.78, 5) is 13.3. The summed E-state index contributed by atoms with van der Waals surface area (Å²) in [5, 5.41) is 4.33. The first-order valence-corrected chi connectivity index (χ1v) is 13.3. The number of hydrogen-bond acceptors (Lipinski definition) is 9. The molecule has 4 aromatic rings. The Morgan fingerprint density at radius 3 is 2.62 bits per heavy atom. The van der Waals surface area contributed by atoms with Crippen molar-refractivity contribution >= 4 is 46.1 Å². The van der Waals surface area contributed by atoms with Crippen LogP contribution >= 0.6 is 23.2 Å². The van der Waals surface area contributed by atoms with Crippen molar-refractivity contribution in [2.24, 2.45) is 0 Å². The lowest BCUT2D eigenvalue weighted by atomic mass is 10.1. The molecule has 0 unspecified atom stereocenters. The molecule has 0 bridgehead atoms. The molecule has 12 heteroatoms. The quantitative estimate of drug-likeness (QED) is 0.303. The zero-order chi connectivity index (χ0) is 27.1. The Hall–Kier alpha value is -2.99. The number of nitrogens with zero attached hydrogens (tertiary/aromatic N) is 4. The number of anilines is 2. The predicted octanol–water partition coefficient (Wildman–Crippen LogP) is 4.96. The van der Waals surface area contributed by atoms with E-state index in [-0.39, 0.29) is 18.0 Å². The number of ether oxygens (including phenoxy) is 4. The first kappa shape index (κ1) is 26.2. The third-order valence-electron chi connectivity index (χ3n) is 6.71. The highest BCUT2D eigenvalue weighted by atomic mass is 35.5. The van der Waals surface area contributed by atoms with Gasteiger partial charge in [-0.3, -0.25) is 4.57 Å². The highest BCUT2D eigenvalue weighted by Gasteiger charge is 2.56. The van der Waals surface area contributed by atoms with Gasteiger partial charge in [-0.05, 0) is 37.1 Å². The lowest BCUT2D eigenvalue weighted by Crippen LogP contribution is -2.32. The number of rotatable bonds is 8. The van der Waals surface area contributed by atoms with Crippen molar-refractivity contribution < 1.29 is 18.9 Å². The Labute approximate surface area is 235 Å². The molecule has 3 N–H and O–H groups in total. The van der Waals surface area contributed by atoms with Gasteiger partial charge in [-0.15, -0.1) is 0 Å². The van der Waals surface area contributed by atoms with E-state index in [1.807, 2.05) is 54.8 Å². The van der Waals surface area contributed by atoms with Crippen LogP contribution in [0.3, 0.4) is 0 Å². The van der Waals surface area contributed by atoms with E-state index < -0.39 is 18.1 Å². The first-order chi connectivity index (χ1) is 18.8. The maximum Gasteiger partial charge on any atom is 0.207 e. The van der Waals surface area contributed by atoms with Crippen LogP contribution in [0.4, 0.5) is 11.8 Å². The maximum atomic E-state index is 6.55. The van der Waals surface area contributed by atoms with E-state index in [1.165, 1.54) is 6.33 Å². The van der Waals surface area contributed by atoms with E-state index >= 15 is 0 Å². The van der Waals surface area contributed by atoms with Crippen LogP contribution in [0, 0.1) is 0 Å². The van der Waals surface area contributed by atoms with E-state index in [9.17, 15) is 0 Å². The highest BCUT2D eigenvalue weighted by molar-refractivity contribution is 6.42. The normalized spacial score (nSPS) is 23.8. The van der Waals surface area contributed by atoms with E-state index in [4.69, 9.17) is 52.9 Å². The van der Waals surface area contributed by atoms with Crippen molar-refractivity contribution in [2.45, 2.75) is 57.3 Å². The van der Waals surface area contributed by atoms with Gasteiger partial charge in [0.2, 0.25) is 5.95 Å². The molecule has 2 aliphatic heterocycles. The fourth-order valence-electron chi connectivity index (χ4n) is 4.99. The summed E-state index contributed by atoms with van der Waals surface area (Å²) < 4.78 is 27.1. The van der Waals surface area contributed by atoms with Crippen LogP contribution in [0.2, 0.25) is 10.0 Å². The monoisotopic (exact) mass is 570 g/mol. The summed E-state index contributed by atoms with van der Waals surface area (Å²) in [5.41, 5.74) is 9.14. The number of aromatic nitrogens is 4. The fraction of sp³-hybridized carbons (Fsp3) is 0.370. The summed E-state index contributed by atoms with van der Waals surface area (Å²) in [5.74, 6) is -0.0451. The van der Waals surface area contributed by atoms with Gasteiger partial charge in [0.15, 0.2) is 29.0 Å². The molecule has 39 heavy (non-hydrogen) atoms. The van der Waals surface area contributed by atoms with Crippen LogP contribution in [-0.4, -0.2) is 50.2 Å². The van der Waals surface area contributed by atoms with Crippen molar-refractivity contribution in [1.82, 2.24) is 19.5 Å². The molecule has 0 saturated carbocycles. The Balaban J connectivity index is 1.30. The summed E-state index contributed by atoms with van der Waals surface area (Å²) in [7, 11) is 0. The largest absolute Gasteiger partial charge is 0.382 e. The van der Waals surface area contributed by atoms with E-state index in [2.05, 4.69) is 15.3 Å². The van der Waals surface area contributed by atoms with Crippen molar-refractivity contribution in [3.8, 4) is 0 Å². The number of nitrogens with one attached hydrogen (secondary N) is 1. The summed E-state index contributed by atoms with van der Waals surface area (Å²) in [6, 6.07) is 15.4. The van der Waals surface area contributed by atoms with Gasteiger partial charge < -0.3 is 30.0 Å². The lowest BCUT2D eigenvalue weighted by Gasteiger charge is -2.25. The molecule has 2 aromatic heterocycles. The maximum absolute atomic E-state index is 6.55. The second-order valence-electron chi connectivity index (χ2n) is 9.97. The summed E-state index contributed by atoms with van der Waals surface area (Å²) >= 11 is 12.3. The van der Waals surface area contributed by atoms with Crippen LogP contribution < -0.4 is 11.1 Å². The third-order valence-corrected chi connectivity index (χ3v) is 7.45. The highest BCUT2D eigenvalue weighted by Crippen LogP contribution is 2.45. The van der Waals surface area contributed by atoms with E-state index in [1.54, 1.807) is 12.1 Å². The van der Waals surface area contributed by atoms with Crippen LogP contribution in [0.5, 0.6) is 0 Å². The van der Waals surface area contributed by atoms with E-state index in [0.717, 1.165) is 11.1 Å². The molecule has 204 valence electrons. The molecule has 0 spiro atoms. The van der Waals surface area contributed by atoms with Gasteiger partial charge in [0, 0.05) is 6.54 Å². The van der Waals surface area contributed by atoms with Gasteiger partial charge >= 0.3 is 0 Å². The van der Waals surface area contributed by atoms with Gasteiger partial charge in [0.1, 0.15) is 24.6 Å². The van der Waals surface area contributed by atoms with Crippen molar-refractivity contribution in [3.05, 3.63) is 76.0 Å². The number of fused-ring (bicyclic) bond motifs is 2. The summed E-state index contributed by atoms with van der Waals surface area (Å²) in [6.45, 7) is 4.98. The Kier molecular flexibility index (Phi) is 7.09. The van der Waals surface area contributed by atoms with Crippen LogP contribution in [0.15, 0.2) is 54.9 Å². The smallest absolute Gasteiger partial charge is 0.207 e. The molecule has 0 radical (unpaired) electrons. The Morgan fingerprint density at radius 2 is 1.82 bits per heavy atom. The standard InChI is InChI=1S/C27H28Cl2N6O4/c1-27(2)38-21-19(13-36-12-15-6-4-3-5-7-15)37-25(22(21)39-27)35-24-20(23(30)32-14-33-24)34-26(35)31-11-16-8-9-17(28)18(29)10-16/h3-10,14,19,21-22,25H,11-13H2,1-2H3,(H,31,34)(H2,30,32,33)/t19-,21-,22-,25-/m1/s1. The topological polar surface area (TPSA) is 119 Å². The number of nitrogen functional groups attached to an aromatic ring is 1. The molecule has 10 nitrogen and oxygen atoms in total. The molecule has 6 rings (SSSR count). The molecule has 2 fully saturated rings. The Morgan fingerprint density at radius 1 is 1.03 bits per heavy atom. The zero-order valence-corrected chi connectivity index (χ0v) is 22.9. The van der Waals surface area contributed by atoms with Crippen molar-refractivity contribution in [3.63, 3.8) is 0 Å². The van der Waals surface area contributed by atoms with Gasteiger partial charge in [0.25, 0.3) is 0 Å². The van der Waals surface area contributed by atoms with Crippen molar-refractivity contribution in [2.75, 3.05) is 17.7 Å². The molecule has 0 aliphatic carbocycles. The predicted molar refractivity (Wildman–Crippen MR) is 147 cm³/mol. The molecule has 4 heterocycles. The minimum absolute atomic E-state index is 0.262. The van der Waals surface area contributed by atoms with Crippen LogP contribution in [-0.2, 0) is 32.1 Å². The van der Waals surface area contributed by atoms with Crippen LogP contribution in [0.25, 0.3) is 11.2 Å². The minimum atomic E-state index is -0.799. The number of imidazole rings is 1. The van der Waals surface area contributed by atoms with Crippen LogP contribution in [0.1, 0.15) is 31.2 Å². The lowest BCUT2D eigenvalue weighted by molar-refractivity contribution is -0.201. The Bertz CT molecular complexity index is 1480. The zero-order valence-electron chi connectivity index (χ0n) is 21.4. The van der Waals surface area contributed by atoms with Gasteiger partial charge in [0.05, 0.1) is 23.3 Å². The summed E-state index contributed by atoms with van der Waals surface area (Å²) in [6.07, 6.45) is -0.394. The molecule has 2 aliphatic rings. The molecule has 0 amide bonds. The van der Waals surface area contributed by atoms with Gasteiger partial charge in [-0.2, -0.15) is 0 Å². The van der Waals surface area contributed by atoms with Gasteiger partial charge in [-0.25, -0.2) is 15.0 Å². The molecule has 2 aromatic carbocycles. The number of benzene rings is 2. The third kappa shape index (κ3) is 5.28. The second-order valence-corrected chi connectivity index (χ2v) is 10.8. The average molecular weight is 571 g/mol. The molecule has 4 atom stereocenters. The molecular formula is C27H28Cl2N6O4. The van der Waals surface area contributed by atoms with E-state index in [0.29, 0.717) is 46.9 Å². The number of hydrogen-bond donors (Lipinski definition) is 2. The average Bonchev–Trinajstić information content (AvgIpc) is 3.54. The second kappa shape index (κ2) is 10.5. The molecule has 2 saturated heterocycles. The number of nitrogens with two attached hydrogens (primary N) is 1. The van der Waals surface area contributed by atoms with Crippen molar-refractivity contribution in [1.29, 1.82) is 0 Å².